The quantitative estimate of drug-likeness (QED) is 0.772. The van der Waals surface area contributed by atoms with E-state index in [1.54, 1.807) is 0 Å². The second kappa shape index (κ2) is 5.57. The van der Waals surface area contributed by atoms with E-state index in [9.17, 15) is 0 Å². The largest absolute Gasteiger partial charge is 0.299 e. The molecule has 1 aromatic rings. The second-order valence-electron chi connectivity index (χ2n) is 4.20. The van der Waals surface area contributed by atoms with Crippen molar-refractivity contribution in [1.82, 2.24) is 4.90 Å². The first kappa shape index (κ1) is 11.0. The van der Waals surface area contributed by atoms with Gasteiger partial charge in [0.1, 0.15) is 0 Å². The van der Waals surface area contributed by atoms with Gasteiger partial charge in [-0.1, -0.05) is 30.3 Å². The lowest BCUT2D eigenvalue weighted by Gasteiger charge is -2.31. The number of nitrogens with zero attached hydrogens (tertiary/aromatic N) is 1. The fraction of sp³-hybridized carbons (Fsp3) is 0.538. The van der Waals surface area contributed by atoms with Crippen LogP contribution in [-0.2, 0) is 6.54 Å². The summed E-state index contributed by atoms with van der Waals surface area (Å²) in [6, 6.07) is 10.8. The molecule has 82 valence electrons. The highest BCUT2D eigenvalue weighted by Crippen LogP contribution is 2.21. The number of benzene rings is 1. The fourth-order valence-corrected chi connectivity index (χ4v) is 2.83. The molecule has 0 N–H and O–H groups in total. The Morgan fingerprint density at radius 3 is 2.47 bits per heavy atom. The molecule has 0 amide bonds. The predicted octanol–water partition coefficient (Wildman–Crippen LogP) is 3.01. The monoisotopic (exact) mass is 221 g/mol. The van der Waals surface area contributed by atoms with Crippen LogP contribution in [0.25, 0.3) is 0 Å². The van der Waals surface area contributed by atoms with E-state index in [-0.39, 0.29) is 0 Å². The van der Waals surface area contributed by atoms with Crippen molar-refractivity contribution < 1.29 is 0 Å². The summed E-state index contributed by atoms with van der Waals surface area (Å²) in [7, 11) is 0. The predicted molar refractivity (Wildman–Crippen MR) is 68.3 cm³/mol. The molecule has 0 radical (unpaired) electrons. The lowest BCUT2D eigenvalue weighted by atomic mass is 10.1. The van der Waals surface area contributed by atoms with Crippen LogP contribution in [0.5, 0.6) is 0 Å². The van der Waals surface area contributed by atoms with E-state index < -0.39 is 0 Å². The summed E-state index contributed by atoms with van der Waals surface area (Å²) in [5, 5.41) is 0.900. The highest BCUT2D eigenvalue weighted by Gasteiger charge is 2.17. The first-order valence-electron chi connectivity index (χ1n) is 5.67. The smallest absolute Gasteiger partial charge is 0.0233 e. The van der Waals surface area contributed by atoms with E-state index in [4.69, 9.17) is 0 Å². The SMILES string of the molecule is CSC1CCN(Cc2ccccc2)CC1. The lowest BCUT2D eigenvalue weighted by Crippen LogP contribution is -2.34. The molecular formula is C13H19NS. The third-order valence-corrected chi connectivity index (χ3v) is 4.26. The molecule has 1 fully saturated rings. The van der Waals surface area contributed by atoms with Crippen molar-refractivity contribution in [2.45, 2.75) is 24.6 Å². The first-order chi connectivity index (χ1) is 7.38. The van der Waals surface area contributed by atoms with Gasteiger partial charge in [-0.25, -0.2) is 0 Å². The molecule has 0 unspecified atom stereocenters. The second-order valence-corrected chi connectivity index (χ2v) is 5.33. The Kier molecular flexibility index (Phi) is 4.09. The van der Waals surface area contributed by atoms with E-state index in [2.05, 4.69) is 41.5 Å². The van der Waals surface area contributed by atoms with Crippen molar-refractivity contribution in [2.24, 2.45) is 0 Å². The van der Waals surface area contributed by atoms with Crippen molar-refractivity contribution in [3.05, 3.63) is 35.9 Å². The van der Waals surface area contributed by atoms with Crippen molar-refractivity contribution in [3.63, 3.8) is 0 Å². The van der Waals surface area contributed by atoms with Gasteiger partial charge in [-0.15, -0.1) is 0 Å². The van der Waals surface area contributed by atoms with Crippen molar-refractivity contribution in [1.29, 1.82) is 0 Å². The van der Waals surface area contributed by atoms with Crippen LogP contribution in [0.2, 0.25) is 0 Å². The van der Waals surface area contributed by atoms with Crippen LogP contribution >= 0.6 is 11.8 Å². The molecule has 0 aliphatic carbocycles. The van der Waals surface area contributed by atoms with Gasteiger partial charge < -0.3 is 0 Å². The molecule has 1 aromatic carbocycles. The molecule has 1 aliphatic rings. The maximum Gasteiger partial charge on any atom is 0.0233 e. The molecule has 0 spiro atoms. The number of rotatable bonds is 3. The van der Waals surface area contributed by atoms with Crippen LogP contribution in [0.4, 0.5) is 0 Å². The van der Waals surface area contributed by atoms with E-state index in [1.807, 2.05) is 11.8 Å². The minimum Gasteiger partial charge on any atom is -0.299 e. The summed E-state index contributed by atoms with van der Waals surface area (Å²) >= 11 is 2.03. The zero-order chi connectivity index (χ0) is 10.5. The van der Waals surface area contributed by atoms with Crippen LogP contribution in [0.1, 0.15) is 18.4 Å². The Morgan fingerprint density at radius 1 is 1.20 bits per heavy atom. The molecule has 0 bridgehead atoms. The highest BCUT2D eigenvalue weighted by atomic mass is 32.2. The fourth-order valence-electron chi connectivity index (χ4n) is 2.14. The van der Waals surface area contributed by atoms with Crippen LogP contribution < -0.4 is 0 Å². The molecule has 15 heavy (non-hydrogen) atoms. The molecule has 1 aliphatic heterocycles. The molecule has 1 heterocycles. The minimum atomic E-state index is 0.900. The summed E-state index contributed by atoms with van der Waals surface area (Å²) in [5.74, 6) is 0. The van der Waals surface area contributed by atoms with Gasteiger partial charge in [0.05, 0.1) is 0 Å². The molecule has 1 nitrogen and oxygen atoms in total. The van der Waals surface area contributed by atoms with E-state index >= 15 is 0 Å². The van der Waals surface area contributed by atoms with E-state index in [1.165, 1.54) is 31.5 Å². The Hall–Kier alpha value is -0.470. The number of likely N-dealkylation sites (tertiary alicyclic amines) is 1. The van der Waals surface area contributed by atoms with E-state index in [0.717, 1.165) is 11.8 Å². The number of thioether (sulfide) groups is 1. The third kappa shape index (κ3) is 3.25. The Labute approximate surface area is 96.9 Å². The van der Waals surface area contributed by atoms with Crippen LogP contribution in [0, 0.1) is 0 Å². The van der Waals surface area contributed by atoms with Crippen molar-refractivity contribution in [3.8, 4) is 0 Å². The average Bonchev–Trinajstić information content (AvgIpc) is 2.31. The van der Waals surface area contributed by atoms with Gasteiger partial charge in [0, 0.05) is 11.8 Å². The number of hydrogen-bond acceptors (Lipinski definition) is 2. The highest BCUT2D eigenvalue weighted by molar-refractivity contribution is 7.99. The van der Waals surface area contributed by atoms with Crippen LogP contribution in [0.15, 0.2) is 30.3 Å². The van der Waals surface area contributed by atoms with Crippen LogP contribution in [-0.4, -0.2) is 29.5 Å². The normalized spacial score (nSPS) is 19.3. The van der Waals surface area contributed by atoms with Gasteiger partial charge in [-0.2, -0.15) is 11.8 Å². The summed E-state index contributed by atoms with van der Waals surface area (Å²) in [4.78, 5) is 2.57. The summed E-state index contributed by atoms with van der Waals surface area (Å²) in [6.07, 6.45) is 4.94. The standard InChI is InChI=1S/C13H19NS/c1-15-13-7-9-14(10-8-13)11-12-5-3-2-4-6-12/h2-6,13H,7-11H2,1H3. The van der Waals surface area contributed by atoms with Crippen molar-refractivity contribution >= 4 is 11.8 Å². The number of hydrogen-bond donors (Lipinski definition) is 0. The topological polar surface area (TPSA) is 3.24 Å². The Morgan fingerprint density at radius 2 is 1.87 bits per heavy atom. The Bertz CT molecular complexity index is 278. The summed E-state index contributed by atoms with van der Waals surface area (Å²) < 4.78 is 0. The van der Waals surface area contributed by atoms with E-state index in [0.29, 0.717) is 0 Å². The summed E-state index contributed by atoms with van der Waals surface area (Å²) in [6.45, 7) is 3.66. The molecule has 1 saturated heterocycles. The molecule has 2 rings (SSSR count). The summed E-state index contributed by atoms with van der Waals surface area (Å²) in [5.41, 5.74) is 1.44. The zero-order valence-corrected chi connectivity index (χ0v) is 10.2. The number of piperidine rings is 1. The van der Waals surface area contributed by atoms with Gasteiger partial charge in [0.15, 0.2) is 0 Å². The molecule has 0 atom stereocenters. The third-order valence-electron chi connectivity index (χ3n) is 3.12. The van der Waals surface area contributed by atoms with Crippen LogP contribution in [0.3, 0.4) is 0 Å². The lowest BCUT2D eigenvalue weighted by molar-refractivity contribution is 0.225. The van der Waals surface area contributed by atoms with Gasteiger partial charge in [-0.3, -0.25) is 4.90 Å². The molecular weight excluding hydrogens is 202 g/mol. The van der Waals surface area contributed by atoms with Crippen molar-refractivity contribution in [2.75, 3.05) is 19.3 Å². The average molecular weight is 221 g/mol. The van der Waals surface area contributed by atoms with Gasteiger partial charge >= 0.3 is 0 Å². The first-order valence-corrected chi connectivity index (χ1v) is 6.96. The maximum absolute atomic E-state index is 2.57. The Balaban J connectivity index is 1.82. The molecule has 0 aromatic heterocycles. The van der Waals surface area contributed by atoms with Gasteiger partial charge in [0.2, 0.25) is 0 Å². The van der Waals surface area contributed by atoms with Gasteiger partial charge in [-0.05, 0) is 37.8 Å². The minimum absolute atomic E-state index is 0.900. The molecule has 0 saturated carbocycles. The maximum atomic E-state index is 2.57. The van der Waals surface area contributed by atoms with Gasteiger partial charge in [0.25, 0.3) is 0 Å². The zero-order valence-electron chi connectivity index (χ0n) is 9.36. The molecule has 2 heteroatoms.